The Bertz CT molecular complexity index is 683. The van der Waals surface area contributed by atoms with Gasteiger partial charge in [-0.2, -0.15) is 0 Å². The number of aromatic nitrogens is 1. The van der Waals surface area contributed by atoms with Gasteiger partial charge in [-0.1, -0.05) is 6.07 Å². The number of hydrogen-bond donors (Lipinski definition) is 2. The first-order valence-electron chi connectivity index (χ1n) is 6.56. The molecule has 0 radical (unpaired) electrons. The average Bonchev–Trinajstić information content (AvgIpc) is 2.68. The Morgan fingerprint density at radius 2 is 2.00 bits per heavy atom. The van der Waals surface area contributed by atoms with E-state index in [1.54, 1.807) is 55.9 Å². The van der Waals surface area contributed by atoms with Crippen molar-refractivity contribution in [2.75, 3.05) is 5.43 Å². The molecule has 1 amide bonds. The first-order valence-corrected chi connectivity index (χ1v) is 6.56. The Morgan fingerprint density at radius 1 is 1.29 bits per heavy atom. The number of carboxylic acid groups (broad SMARTS) is 1. The van der Waals surface area contributed by atoms with E-state index in [4.69, 9.17) is 9.84 Å². The van der Waals surface area contributed by atoms with Crippen LogP contribution in [0.4, 0.5) is 4.79 Å². The number of carbonyl (C=O) groups is 2. The highest BCUT2D eigenvalue weighted by atomic mass is 16.6. The van der Waals surface area contributed by atoms with Gasteiger partial charge in [-0.25, -0.2) is 10.2 Å². The number of nitrogens with one attached hydrogen (secondary N) is 1. The molecule has 0 aliphatic rings. The van der Waals surface area contributed by atoms with Gasteiger partial charge in [-0.3, -0.25) is 9.47 Å². The number of amides is 1. The Labute approximate surface area is 122 Å². The van der Waals surface area contributed by atoms with E-state index in [0.717, 1.165) is 10.9 Å². The third-order valence-corrected chi connectivity index (χ3v) is 2.72. The summed E-state index contributed by atoms with van der Waals surface area (Å²) in [6.07, 6.45) is 1.12. The number of hydrogen-bond acceptors (Lipinski definition) is 3. The summed E-state index contributed by atoms with van der Waals surface area (Å²) in [6, 6.07) is 7.09. The van der Waals surface area contributed by atoms with Crippen molar-refractivity contribution in [2.24, 2.45) is 0 Å². The van der Waals surface area contributed by atoms with Crippen molar-refractivity contribution in [1.29, 1.82) is 0 Å². The number of carboxylic acids is 1. The molecule has 1 aromatic carbocycles. The van der Waals surface area contributed by atoms with Crippen molar-refractivity contribution in [2.45, 2.75) is 32.8 Å². The van der Waals surface area contributed by atoms with Gasteiger partial charge >= 0.3 is 12.1 Å². The van der Waals surface area contributed by atoms with E-state index >= 15 is 0 Å². The Morgan fingerprint density at radius 3 is 2.62 bits per heavy atom. The van der Waals surface area contributed by atoms with Crippen LogP contribution in [-0.2, 0) is 16.0 Å². The number of carbonyl (C=O) groups excluding carboxylic acids is 1. The maximum Gasteiger partial charge on any atom is 0.426 e. The highest BCUT2D eigenvalue weighted by molar-refractivity contribution is 5.85. The summed E-state index contributed by atoms with van der Waals surface area (Å²) in [5.74, 6) is -0.874. The SMILES string of the molecule is CC(C)(C)OC(=O)Nn1ccc2cc(CC(=O)O)ccc21. The molecule has 0 unspecified atom stereocenters. The lowest BCUT2D eigenvalue weighted by Crippen LogP contribution is -2.31. The highest BCUT2D eigenvalue weighted by Crippen LogP contribution is 2.17. The van der Waals surface area contributed by atoms with Gasteiger partial charge in [0.1, 0.15) is 5.60 Å². The quantitative estimate of drug-likeness (QED) is 0.910. The van der Waals surface area contributed by atoms with Crippen LogP contribution in [0.2, 0.25) is 0 Å². The number of aliphatic carboxylic acids is 1. The van der Waals surface area contributed by atoms with Crippen molar-refractivity contribution in [3.63, 3.8) is 0 Å². The minimum absolute atomic E-state index is 0.0272. The van der Waals surface area contributed by atoms with Crippen LogP contribution in [0.1, 0.15) is 26.3 Å². The minimum atomic E-state index is -0.874. The van der Waals surface area contributed by atoms with Gasteiger partial charge in [0.25, 0.3) is 0 Å². The molecular weight excluding hydrogens is 272 g/mol. The average molecular weight is 290 g/mol. The highest BCUT2D eigenvalue weighted by Gasteiger charge is 2.16. The maximum absolute atomic E-state index is 11.8. The summed E-state index contributed by atoms with van der Waals surface area (Å²) in [5.41, 5.74) is 3.54. The van der Waals surface area contributed by atoms with Crippen LogP contribution >= 0.6 is 0 Å². The van der Waals surface area contributed by atoms with Gasteiger partial charge in [-0.15, -0.1) is 0 Å². The van der Waals surface area contributed by atoms with Crippen LogP contribution in [0, 0.1) is 0 Å². The zero-order chi connectivity index (χ0) is 15.6. The van der Waals surface area contributed by atoms with Crippen LogP contribution < -0.4 is 5.43 Å². The zero-order valence-electron chi connectivity index (χ0n) is 12.2. The molecule has 1 aromatic heterocycles. The largest absolute Gasteiger partial charge is 0.481 e. The van der Waals surface area contributed by atoms with Crippen LogP contribution in [0.5, 0.6) is 0 Å². The molecule has 2 N–H and O–H groups in total. The Balaban J connectivity index is 2.19. The maximum atomic E-state index is 11.8. The van der Waals surface area contributed by atoms with E-state index in [1.807, 2.05) is 0 Å². The molecule has 2 aromatic rings. The molecular formula is C15H18N2O4. The molecule has 0 atom stereocenters. The summed E-state index contributed by atoms with van der Waals surface area (Å²) < 4.78 is 6.74. The molecule has 0 bridgehead atoms. The second-order valence-electron chi connectivity index (χ2n) is 5.76. The molecule has 0 aliphatic heterocycles. The molecule has 112 valence electrons. The summed E-state index contributed by atoms with van der Waals surface area (Å²) in [4.78, 5) is 22.5. The summed E-state index contributed by atoms with van der Waals surface area (Å²) >= 11 is 0. The van der Waals surface area contributed by atoms with E-state index in [0.29, 0.717) is 5.56 Å². The van der Waals surface area contributed by atoms with Crippen molar-refractivity contribution in [3.8, 4) is 0 Å². The minimum Gasteiger partial charge on any atom is -0.481 e. The van der Waals surface area contributed by atoms with Crippen molar-refractivity contribution < 1.29 is 19.4 Å². The third kappa shape index (κ3) is 3.98. The van der Waals surface area contributed by atoms with Gasteiger partial charge in [0.05, 0.1) is 11.9 Å². The van der Waals surface area contributed by atoms with Crippen molar-refractivity contribution in [1.82, 2.24) is 4.68 Å². The molecule has 21 heavy (non-hydrogen) atoms. The Hall–Kier alpha value is -2.50. The van der Waals surface area contributed by atoms with Gasteiger partial charge < -0.3 is 9.84 Å². The third-order valence-electron chi connectivity index (χ3n) is 2.72. The lowest BCUT2D eigenvalue weighted by atomic mass is 10.1. The smallest absolute Gasteiger partial charge is 0.426 e. The second-order valence-corrected chi connectivity index (χ2v) is 5.76. The topological polar surface area (TPSA) is 80.6 Å². The van der Waals surface area contributed by atoms with Gasteiger partial charge in [0.2, 0.25) is 0 Å². The normalized spacial score (nSPS) is 11.4. The first kappa shape index (κ1) is 14.9. The first-order chi connectivity index (χ1) is 9.74. The molecule has 0 fully saturated rings. The molecule has 0 spiro atoms. The fourth-order valence-corrected chi connectivity index (χ4v) is 1.97. The monoisotopic (exact) mass is 290 g/mol. The summed E-state index contributed by atoms with van der Waals surface area (Å²) in [6.45, 7) is 5.37. The van der Waals surface area contributed by atoms with E-state index in [1.165, 1.54) is 0 Å². The van der Waals surface area contributed by atoms with Crippen LogP contribution in [-0.4, -0.2) is 27.4 Å². The summed E-state index contributed by atoms with van der Waals surface area (Å²) in [7, 11) is 0. The fraction of sp³-hybridized carbons (Fsp3) is 0.333. The van der Waals surface area contributed by atoms with Gasteiger partial charge in [0, 0.05) is 11.6 Å². The van der Waals surface area contributed by atoms with E-state index in [-0.39, 0.29) is 6.42 Å². The molecule has 0 aliphatic carbocycles. The van der Waals surface area contributed by atoms with Crippen LogP contribution in [0.15, 0.2) is 30.5 Å². The number of fused-ring (bicyclic) bond motifs is 1. The predicted octanol–water partition coefficient (Wildman–Crippen LogP) is 2.75. The number of rotatable bonds is 3. The lowest BCUT2D eigenvalue weighted by molar-refractivity contribution is -0.136. The lowest BCUT2D eigenvalue weighted by Gasteiger charge is -2.20. The van der Waals surface area contributed by atoms with E-state index in [9.17, 15) is 9.59 Å². The molecule has 6 nitrogen and oxygen atoms in total. The molecule has 2 rings (SSSR count). The second kappa shape index (κ2) is 5.47. The number of benzene rings is 1. The zero-order valence-corrected chi connectivity index (χ0v) is 12.2. The van der Waals surface area contributed by atoms with Gasteiger partial charge in [-0.05, 0) is 44.5 Å². The molecule has 6 heteroatoms. The van der Waals surface area contributed by atoms with Crippen molar-refractivity contribution in [3.05, 3.63) is 36.0 Å². The van der Waals surface area contributed by atoms with Crippen molar-refractivity contribution >= 4 is 23.0 Å². The van der Waals surface area contributed by atoms with E-state index < -0.39 is 17.7 Å². The fourth-order valence-electron chi connectivity index (χ4n) is 1.97. The van der Waals surface area contributed by atoms with Crippen LogP contribution in [0.3, 0.4) is 0 Å². The molecule has 0 saturated heterocycles. The summed E-state index contributed by atoms with van der Waals surface area (Å²) in [5, 5.41) is 9.64. The standard InChI is InChI=1S/C15H18N2O4/c1-15(2,3)21-14(20)16-17-7-6-11-8-10(9-13(18)19)4-5-12(11)17/h4-8H,9H2,1-3H3,(H,16,20)(H,18,19). The predicted molar refractivity (Wildman–Crippen MR) is 78.9 cm³/mol. The number of nitrogens with zero attached hydrogens (tertiary/aromatic N) is 1. The Kier molecular flexibility index (Phi) is 3.88. The number of ether oxygens (including phenoxy) is 1. The molecule has 0 saturated carbocycles. The van der Waals surface area contributed by atoms with Gasteiger partial charge in [0.15, 0.2) is 0 Å². The van der Waals surface area contributed by atoms with Crippen LogP contribution in [0.25, 0.3) is 10.9 Å². The van der Waals surface area contributed by atoms with E-state index in [2.05, 4.69) is 5.43 Å². The molecule has 1 heterocycles.